The van der Waals surface area contributed by atoms with E-state index < -0.39 is 32.8 Å². The van der Waals surface area contributed by atoms with Crippen LogP contribution in [-0.4, -0.2) is 15.6 Å². The van der Waals surface area contributed by atoms with Crippen LogP contribution in [-0.2, 0) is 4.79 Å². The summed E-state index contributed by atoms with van der Waals surface area (Å²) < 4.78 is 0. The van der Waals surface area contributed by atoms with Gasteiger partial charge in [-0.05, 0) is 24.0 Å². The summed E-state index contributed by atoms with van der Waals surface area (Å²) in [5.74, 6) is 0.105. The summed E-state index contributed by atoms with van der Waals surface area (Å²) in [7, 11) is 0. The summed E-state index contributed by atoms with van der Waals surface area (Å²) in [5, 5.41) is 26.1. The first-order chi connectivity index (χ1) is 14.2. The fourth-order valence-electron chi connectivity index (χ4n) is 5.35. The van der Waals surface area contributed by atoms with Crippen molar-refractivity contribution < 1.29 is 14.6 Å². The van der Waals surface area contributed by atoms with E-state index in [1.165, 1.54) is 24.3 Å². The molecule has 4 rings (SSSR count). The third kappa shape index (κ3) is 2.99. The number of Topliss-reactive ketones (excluding diaryl/α,β-unsaturated/α-hetero) is 1. The van der Waals surface area contributed by atoms with Crippen molar-refractivity contribution in [3.05, 3.63) is 79.9 Å². The molecule has 0 spiro atoms. The van der Waals surface area contributed by atoms with Gasteiger partial charge in [0.05, 0.1) is 9.85 Å². The van der Waals surface area contributed by atoms with Crippen LogP contribution in [0.3, 0.4) is 0 Å². The highest BCUT2D eigenvalue weighted by Gasteiger charge is 2.60. The largest absolute Gasteiger partial charge is 0.301 e. The maximum absolute atomic E-state index is 13.7. The molecule has 1 aliphatic heterocycles. The molecule has 8 heteroatoms. The summed E-state index contributed by atoms with van der Waals surface area (Å²) in [6.07, 6.45) is 2.21. The normalized spacial score (nSPS) is 30.7. The fourth-order valence-corrected chi connectivity index (χ4v) is 5.35. The second-order valence-electron chi connectivity index (χ2n) is 8.75. The van der Waals surface area contributed by atoms with Crippen LogP contribution < -0.4 is 5.32 Å². The van der Waals surface area contributed by atoms with Crippen molar-refractivity contribution in [1.82, 2.24) is 5.32 Å². The highest BCUT2D eigenvalue weighted by atomic mass is 16.6. The number of nitro benzene ring substituents is 2. The minimum absolute atomic E-state index is 0.0265. The quantitative estimate of drug-likeness (QED) is 0.580. The van der Waals surface area contributed by atoms with Gasteiger partial charge >= 0.3 is 0 Å². The van der Waals surface area contributed by atoms with Gasteiger partial charge in [-0.15, -0.1) is 0 Å². The van der Waals surface area contributed by atoms with Gasteiger partial charge in [-0.1, -0.05) is 44.5 Å². The van der Waals surface area contributed by atoms with Crippen LogP contribution in [0, 0.1) is 31.1 Å². The summed E-state index contributed by atoms with van der Waals surface area (Å²) in [6.45, 7) is 3.85. The third-order valence-corrected chi connectivity index (χ3v) is 6.87. The number of fused-ring (bicyclic) bond motifs is 2. The number of ketones is 1. The number of non-ortho nitro benzene ring substituents is 2. The van der Waals surface area contributed by atoms with Crippen LogP contribution in [0.25, 0.3) is 0 Å². The maximum Gasteiger partial charge on any atom is 0.269 e. The van der Waals surface area contributed by atoms with Gasteiger partial charge in [0.1, 0.15) is 5.78 Å². The number of piperidine rings is 1. The van der Waals surface area contributed by atoms with Crippen LogP contribution in [0.4, 0.5) is 11.4 Å². The van der Waals surface area contributed by atoms with Gasteiger partial charge in [-0.25, -0.2) is 0 Å². The number of benzene rings is 2. The number of carbonyl (C=O) groups is 1. The van der Waals surface area contributed by atoms with E-state index in [1.54, 1.807) is 24.3 Å². The molecule has 1 saturated heterocycles. The first-order valence-electron chi connectivity index (χ1n) is 9.96. The number of carbonyl (C=O) groups excluding carboxylic acids is 1. The molecule has 30 heavy (non-hydrogen) atoms. The van der Waals surface area contributed by atoms with Crippen molar-refractivity contribution in [2.45, 2.75) is 45.2 Å². The molecule has 2 aromatic rings. The second-order valence-corrected chi connectivity index (χ2v) is 8.75. The minimum atomic E-state index is -0.709. The van der Waals surface area contributed by atoms with Crippen molar-refractivity contribution in [1.29, 1.82) is 0 Å². The lowest BCUT2D eigenvalue weighted by atomic mass is 9.52. The molecule has 2 unspecified atom stereocenters. The Labute approximate surface area is 173 Å². The number of hydrogen-bond donors (Lipinski definition) is 1. The average molecular weight is 409 g/mol. The Kier molecular flexibility index (Phi) is 4.69. The lowest BCUT2D eigenvalue weighted by Gasteiger charge is -2.56. The molecule has 1 aliphatic carbocycles. The standard InChI is InChI=1S/C22H23N3O5/c1-21-10-5-11-22(2,20(21)26)19(15-7-4-9-17(13-15)25(29)30)23-18(21)14-6-3-8-16(12-14)24(27)28/h3-4,6-9,12-13,18-19,23H,5,10-11H2,1-2H3/t18-,19+,21?,22?. The van der Waals surface area contributed by atoms with Gasteiger partial charge in [0.25, 0.3) is 11.4 Å². The zero-order chi connectivity index (χ0) is 21.7. The molecule has 2 bridgehead atoms. The third-order valence-electron chi connectivity index (χ3n) is 6.87. The van der Waals surface area contributed by atoms with Gasteiger partial charge in [0, 0.05) is 47.2 Å². The molecule has 4 atom stereocenters. The van der Waals surface area contributed by atoms with Crippen molar-refractivity contribution in [3.63, 3.8) is 0 Å². The molecule has 0 aromatic heterocycles. The lowest BCUT2D eigenvalue weighted by Crippen LogP contribution is -2.61. The summed E-state index contributed by atoms with van der Waals surface area (Å²) in [5.41, 5.74) is -0.111. The van der Waals surface area contributed by atoms with Gasteiger partial charge < -0.3 is 5.32 Å². The van der Waals surface area contributed by atoms with E-state index in [4.69, 9.17) is 0 Å². The van der Waals surface area contributed by atoms with Crippen LogP contribution in [0.5, 0.6) is 0 Å². The van der Waals surface area contributed by atoms with E-state index in [-0.39, 0.29) is 17.2 Å². The molecule has 1 heterocycles. The molecule has 156 valence electrons. The van der Waals surface area contributed by atoms with Gasteiger partial charge in [0.15, 0.2) is 0 Å². The Morgan fingerprint density at radius 3 is 1.70 bits per heavy atom. The number of nitrogens with one attached hydrogen (secondary N) is 1. The molecule has 2 aliphatic rings. The molecule has 1 N–H and O–H groups in total. The van der Waals surface area contributed by atoms with Gasteiger partial charge in [0.2, 0.25) is 0 Å². The zero-order valence-corrected chi connectivity index (χ0v) is 16.8. The van der Waals surface area contributed by atoms with Crippen molar-refractivity contribution in [3.8, 4) is 0 Å². The van der Waals surface area contributed by atoms with Crippen molar-refractivity contribution in [2.75, 3.05) is 0 Å². The highest BCUT2D eigenvalue weighted by Crippen LogP contribution is 2.59. The summed E-state index contributed by atoms with van der Waals surface area (Å²) in [6, 6.07) is 11.9. The predicted molar refractivity (Wildman–Crippen MR) is 110 cm³/mol. The zero-order valence-electron chi connectivity index (χ0n) is 16.8. The predicted octanol–water partition coefficient (Wildman–Crippen LogP) is 4.65. The molecule has 0 radical (unpaired) electrons. The molecule has 2 aromatic carbocycles. The van der Waals surface area contributed by atoms with E-state index in [1.807, 2.05) is 13.8 Å². The smallest absolute Gasteiger partial charge is 0.269 e. The van der Waals surface area contributed by atoms with E-state index >= 15 is 0 Å². The Balaban J connectivity index is 1.84. The average Bonchev–Trinajstić information content (AvgIpc) is 2.71. The minimum Gasteiger partial charge on any atom is -0.301 e. The lowest BCUT2D eigenvalue weighted by molar-refractivity contribution is -0.385. The SMILES string of the molecule is CC12CCCC(C)(C1=O)[C@H](c1cccc([N+](=O)[O-])c1)N[C@@H]2c1cccc([N+](=O)[O-])c1. The number of rotatable bonds is 4. The molecule has 2 fully saturated rings. The highest BCUT2D eigenvalue weighted by molar-refractivity contribution is 5.93. The number of nitro groups is 2. The Bertz CT molecular complexity index is 975. The van der Waals surface area contributed by atoms with E-state index in [2.05, 4.69) is 5.32 Å². The van der Waals surface area contributed by atoms with Crippen LogP contribution in [0.2, 0.25) is 0 Å². The molecule has 8 nitrogen and oxygen atoms in total. The topological polar surface area (TPSA) is 115 Å². The van der Waals surface area contributed by atoms with Gasteiger partial charge in [-0.3, -0.25) is 25.0 Å². The van der Waals surface area contributed by atoms with Crippen molar-refractivity contribution in [2.24, 2.45) is 10.8 Å². The molecule has 0 amide bonds. The second kappa shape index (κ2) is 6.98. The monoisotopic (exact) mass is 409 g/mol. The van der Waals surface area contributed by atoms with E-state index in [0.717, 1.165) is 6.42 Å². The number of hydrogen-bond acceptors (Lipinski definition) is 6. The maximum atomic E-state index is 13.7. The molecular weight excluding hydrogens is 386 g/mol. The van der Waals surface area contributed by atoms with Gasteiger partial charge in [-0.2, -0.15) is 0 Å². The summed E-state index contributed by atoms with van der Waals surface area (Å²) >= 11 is 0. The first kappa shape index (κ1) is 20.2. The Morgan fingerprint density at radius 2 is 1.30 bits per heavy atom. The van der Waals surface area contributed by atoms with E-state index in [0.29, 0.717) is 24.0 Å². The van der Waals surface area contributed by atoms with Crippen LogP contribution >= 0.6 is 0 Å². The fraction of sp³-hybridized carbons (Fsp3) is 0.409. The Morgan fingerprint density at radius 1 is 0.867 bits per heavy atom. The Hall–Kier alpha value is -3.13. The number of nitrogens with zero attached hydrogens (tertiary/aromatic N) is 2. The van der Waals surface area contributed by atoms with E-state index in [9.17, 15) is 25.0 Å². The van der Waals surface area contributed by atoms with Crippen LogP contribution in [0.1, 0.15) is 56.3 Å². The van der Waals surface area contributed by atoms with Crippen molar-refractivity contribution >= 4 is 17.2 Å². The molecular formula is C22H23N3O5. The first-order valence-corrected chi connectivity index (χ1v) is 9.96. The summed E-state index contributed by atoms with van der Waals surface area (Å²) in [4.78, 5) is 35.4. The van der Waals surface area contributed by atoms with Crippen LogP contribution in [0.15, 0.2) is 48.5 Å². The molecule has 1 saturated carbocycles.